The Morgan fingerprint density at radius 1 is 1.40 bits per heavy atom. The van der Waals surface area contributed by atoms with E-state index in [0.717, 1.165) is 28.8 Å². The van der Waals surface area contributed by atoms with Gasteiger partial charge in [0.05, 0.1) is 18.8 Å². The summed E-state index contributed by atoms with van der Waals surface area (Å²) in [6, 6.07) is 4.12. The maximum atomic E-state index is 10.5. The van der Waals surface area contributed by atoms with Gasteiger partial charge in [0.1, 0.15) is 5.75 Å². The Hall–Kier alpha value is -0.580. The first kappa shape index (κ1) is 15.8. The van der Waals surface area contributed by atoms with Crippen LogP contribution in [0.5, 0.6) is 5.75 Å². The van der Waals surface area contributed by atoms with Crippen molar-refractivity contribution in [1.82, 2.24) is 0 Å². The van der Waals surface area contributed by atoms with Crippen LogP contribution in [0.4, 0.5) is 0 Å². The van der Waals surface area contributed by atoms with E-state index in [0.29, 0.717) is 6.42 Å². The van der Waals surface area contributed by atoms with Gasteiger partial charge in [-0.3, -0.25) is 0 Å². The summed E-state index contributed by atoms with van der Waals surface area (Å²) in [6.07, 6.45) is 0.712. The SMILES string of the molecule is COC(C(O)Cc1cc(Br)cc2c1OCC2)C(C)(C)C. The molecule has 0 aromatic heterocycles. The predicted octanol–water partition coefficient (Wildman–Crippen LogP) is 3.35. The van der Waals surface area contributed by atoms with Crippen molar-refractivity contribution >= 4 is 15.9 Å². The Morgan fingerprint density at radius 2 is 2.10 bits per heavy atom. The van der Waals surface area contributed by atoms with Crippen molar-refractivity contribution in [2.24, 2.45) is 5.41 Å². The van der Waals surface area contributed by atoms with Crippen LogP contribution in [0.25, 0.3) is 0 Å². The van der Waals surface area contributed by atoms with Gasteiger partial charge in [0.15, 0.2) is 0 Å². The molecule has 0 spiro atoms. The average molecular weight is 343 g/mol. The van der Waals surface area contributed by atoms with Crippen LogP contribution in [0.3, 0.4) is 0 Å². The highest BCUT2D eigenvalue weighted by Crippen LogP contribution is 2.35. The van der Waals surface area contributed by atoms with E-state index in [9.17, 15) is 5.11 Å². The lowest BCUT2D eigenvalue weighted by atomic mass is 9.83. The molecule has 0 bridgehead atoms. The Kier molecular flexibility index (Phi) is 4.77. The van der Waals surface area contributed by atoms with E-state index in [1.165, 1.54) is 5.56 Å². The van der Waals surface area contributed by atoms with Crippen LogP contribution < -0.4 is 4.74 Å². The molecule has 0 fully saturated rings. The Labute approximate surface area is 129 Å². The molecule has 1 N–H and O–H groups in total. The quantitative estimate of drug-likeness (QED) is 0.911. The standard InChI is InChI=1S/C16H23BrO3/c1-16(2,3)15(19-4)13(18)9-11-8-12(17)7-10-5-6-20-14(10)11/h7-8,13,15,18H,5-6,9H2,1-4H3. The van der Waals surface area contributed by atoms with Crippen molar-refractivity contribution in [3.05, 3.63) is 27.7 Å². The third kappa shape index (κ3) is 3.35. The minimum Gasteiger partial charge on any atom is -0.493 e. The van der Waals surface area contributed by atoms with Crippen LogP contribution in [-0.4, -0.2) is 31.0 Å². The second-order valence-electron chi connectivity index (χ2n) is 6.45. The number of hydrogen-bond donors (Lipinski definition) is 1. The fraction of sp³-hybridized carbons (Fsp3) is 0.625. The first-order valence-corrected chi connectivity index (χ1v) is 7.77. The summed E-state index contributed by atoms with van der Waals surface area (Å²) < 4.78 is 12.2. The summed E-state index contributed by atoms with van der Waals surface area (Å²) in [6.45, 7) is 6.95. The van der Waals surface area contributed by atoms with Gasteiger partial charge in [0.2, 0.25) is 0 Å². The number of aliphatic hydroxyl groups excluding tert-OH is 1. The van der Waals surface area contributed by atoms with Gasteiger partial charge in [-0.1, -0.05) is 36.7 Å². The summed E-state index contributed by atoms with van der Waals surface area (Å²) in [4.78, 5) is 0. The average Bonchev–Trinajstić information content (AvgIpc) is 2.75. The molecule has 112 valence electrons. The van der Waals surface area contributed by atoms with Gasteiger partial charge >= 0.3 is 0 Å². The molecule has 1 aliphatic rings. The van der Waals surface area contributed by atoms with Gasteiger partial charge in [0.25, 0.3) is 0 Å². The number of halogens is 1. The number of ether oxygens (including phenoxy) is 2. The molecule has 0 radical (unpaired) electrons. The molecule has 2 rings (SSSR count). The molecule has 2 atom stereocenters. The molecule has 0 saturated carbocycles. The molecule has 1 heterocycles. The lowest BCUT2D eigenvalue weighted by Gasteiger charge is -2.33. The van der Waals surface area contributed by atoms with E-state index < -0.39 is 6.10 Å². The lowest BCUT2D eigenvalue weighted by Crippen LogP contribution is -2.40. The molecule has 1 aromatic carbocycles. The molecule has 4 heteroatoms. The smallest absolute Gasteiger partial charge is 0.125 e. The molecule has 1 aliphatic heterocycles. The zero-order valence-corrected chi connectivity index (χ0v) is 14.2. The number of rotatable bonds is 4. The first-order chi connectivity index (χ1) is 9.32. The summed E-state index contributed by atoms with van der Waals surface area (Å²) in [5.41, 5.74) is 2.15. The van der Waals surface area contributed by atoms with Gasteiger partial charge in [-0.15, -0.1) is 0 Å². The normalized spacial score (nSPS) is 17.5. The van der Waals surface area contributed by atoms with E-state index >= 15 is 0 Å². The molecule has 3 nitrogen and oxygen atoms in total. The zero-order chi connectivity index (χ0) is 14.9. The second kappa shape index (κ2) is 6.04. The highest BCUT2D eigenvalue weighted by atomic mass is 79.9. The van der Waals surface area contributed by atoms with Crippen LogP contribution in [0, 0.1) is 5.41 Å². The number of benzene rings is 1. The first-order valence-electron chi connectivity index (χ1n) is 6.98. The number of aliphatic hydroxyl groups is 1. The Bertz CT molecular complexity index is 479. The Balaban J connectivity index is 2.22. The molecule has 0 aliphatic carbocycles. The summed E-state index contributed by atoms with van der Waals surface area (Å²) >= 11 is 3.53. The minimum absolute atomic E-state index is 0.107. The third-order valence-electron chi connectivity index (χ3n) is 3.71. The fourth-order valence-corrected chi connectivity index (χ4v) is 3.47. The topological polar surface area (TPSA) is 38.7 Å². The van der Waals surface area contributed by atoms with Crippen LogP contribution in [0.2, 0.25) is 0 Å². The maximum absolute atomic E-state index is 10.5. The molecule has 20 heavy (non-hydrogen) atoms. The highest BCUT2D eigenvalue weighted by molar-refractivity contribution is 9.10. The molecule has 0 amide bonds. The van der Waals surface area contributed by atoms with Crippen LogP contribution in [0.15, 0.2) is 16.6 Å². The third-order valence-corrected chi connectivity index (χ3v) is 4.17. The van der Waals surface area contributed by atoms with Crippen LogP contribution in [0.1, 0.15) is 31.9 Å². The minimum atomic E-state index is -0.553. The van der Waals surface area contributed by atoms with Crippen molar-refractivity contribution in [2.75, 3.05) is 13.7 Å². The van der Waals surface area contributed by atoms with E-state index in [2.05, 4.69) is 42.8 Å². The molecule has 2 unspecified atom stereocenters. The van der Waals surface area contributed by atoms with Gasteiger partial charge < -0.3 is 14.6 Å². The summed E-state index contributed by atoms with van der Waals surface area (Å²) in [5, 5.41) is 10.5. The molecule has 1 aromatic rings. The van der Waals surface area contributed by atoms with Crippen molar-refractivity contribution in [3.63, 3.8) is 0 Å². The second-order valence-corrected chi connectivity index (χ2v) is 7.36. The van der Waals surface area contributed by atoms with Crippen molar-refractivity contribution < 1.29 is 14.6 Å². The van der Waals surface area contributed by atoms with Crippen LogP contribution in [-0.2, 0) is 17.6 Å². The molecular formula is C16H23BrO3. The van der Waals surface area contributed by atoms with Crippen molar-refractivity contribution in [3.8, 4) is 5.75 Å². The molecule has 0 saturated heterocycles. The van der Waals surface area contributed by atoms with Crippen LogP contribution >= 0.6 is 15.9 Å². The van der Waals surface area contributed by atoms with E-state index in [1.807, 2.05) is 6.07 Å². The van der Waals surface area contributed by atoms with E-state index in [-0.39, 0.29) is 11.5 Å². The Morgan fingerprint density at radius 3 is 2.70 bits per heavy atom. The molecular weight excluding hydrogens is 320 g/mol. The van der Waals surface area contributed by atoms with Gasteiger partial charge in [-0.25, -0.2) is 0 Å². The maximum Gasteiger partial charge on any atom is 0.125 e. The number of fused-ring (bicyclic) bond motifs is 1. The largest absolute Gasteiger partial charge is 0.493 e. The van der Waals surface area contributed by atoms with E-state index in [1.54, 1.807) is 7.11 Å². The van der Waals surface area contributed by atoms with Crippen molar-refractivity contribution in [2.45, 2.75) is 45.8 Å². The number of hydrogen-bond acceptors (Lipinski definition) is 3. The van der Waals surface area contributed by atoms with Crippen molar-refractivity contribution in [1.29, 1.82) is 0 Å². The highest BCUT2D eigenvalue weighted by Gasteiger charge is 2.32. The predicted molar refractivity (Wildman–Crippen MR) is 83.3 cm³/mol. The van der Waals surface area contributed by atoms with E-state index in [4.69, 9.17) is 9.47 Å². The summed E-state index contributed by atoms with van der Waals surface area (Å²) in [7, 11) is 1.65. The van der Waals surface area contributed by atoms with Gasteiger partial charge in [0, 0.05) is 24.4 Å². The lowest BCUT2D eigenvalue weighted by molar-refractivity contribution is -0.0700. The summed E-state index contributed by atoms with van der Waals surface area (Å²) in [5.74, 6) is 0.941. The zero-order valence-electron chi connectivity index (χ0n) is 12.6. The van der Waals surface area contributed by atoms with Gasteiger partial charge in [-0.2, -0.15) is 0 Å². The number of methoxy groups -OCH3 is 1. The fourth-order valence-electron chi connectivity index (χ4n) is 2.92. The monoisotopic (exact) mass is 342 g/mol. The van der Waals surface area contributed by atoms with Gasteiger partial charge in [-0.05, 0) is 28.7 Å².